The molecule has 0 bridgehead atoms. The SMILES string of the molecule is CCCCC/C=C\C/C=C/CCCCCCCCOC(=O)CCCCCCC/C=C\CCCCCCCC. The molecular weight excluding hydrogens is 464 g/mol. The lowest BCUT2D eigenvalue weighted by Crippen LogP contribution is -2.05. The number of carbonyl (C=O) groups excluding carboxylic acids is 1. The minimum atomic E-state index is 0.00483. The Kier molecular flexibility index (Phi) is 32.6. The van der Waals surface area contributed by atoms with Gasteiger partial charge in [0, 0.05) is 6.42 Å². The molecule has 0 aliphatic heterocycles. The van der Waals surface area contributed by atoms with E-state index in [0.717, 1.165) is 25.7 Å². The van der Waals surface area contributed by atoms with Gasteiger partial charge in [-0.15, -0.1) is 0 Å². The number of hydrogen-bond donors (Lipinski definition) is 0. The molecule has 0 spiro atoms. The van der Waals surface area contributed by atoms with Crippen LogP contribution in [0.25, 0.3) is 0 Å². The number of hydrogen-bond acceptors (Lipinski definition) is 2. The van der Waals surface area contributed by atoms with Crippen LogP contribution in [0, 0.1) is 0 Å². The molecule has 0 aromatic heterocycles. The average molecular weight is 531 g/mol. The van der Waals surface area contributed by atoms with E-state index in [1.165, 1.54) is 135 Å². The zero-order valence-electron chi connectivity index (χ0n) is 25.9. The largest absolute Gasteiger partial charge is 0.466 e. The molecule has 0 aliphatic rings. The summed E-state index contributed by atoms with van der Waals surface area (Å²) in [6.45, 7) is 5.14. The first-order chi connectivity index (χ1) is 18.8. The van der Waals surface area contributed by atoms with Gasteiger partial charge in [0.2, 0.25) is 0 Å². The van der Waals surface area contributed by atoms with Crippen molar-refractivity contribution >= 4 is 5.97 Å². The fraction of sp³-hybridized carbons (Fsp3) is 0.806. The topological polar surface area (TPSA) is 26.3 Å². The molecule has 2 nitrogen and oxygen atoms in total. The molecule has 0 atom stereocenters. The van der Waals surface area contributed by atoms with Crippen LogP contribution in [0.5, 0.6) is 0 Å². The summed E-state index contributed by atoms with van der Waals surface area (Å²) >= 11 is 0. The minimum Gasteiger partial charge on any atom is -0.466 e. The summed E-state index contributed by atoms with van der Waals surface area (Å²) in [7, 11) is 0. The van der Waals surface area contributed by atoms with E-state index in [4.69, 9.17) is 4.74 Å². The number of unbranched alkanes of at least 4 members (excludes halogenated alkanes) is 20. The van der Waals surface area contributed by atoms with E-state index in [1.807, 2.05) is 0 Å². The lowest BCUT2D eigenvalue weighted by Gasteiger charge is -2.05. The van der Waals surface area contributed by atoms with Crippen molar-refractivity contribution in [3.8, 4) is 0 Å². The lowest BCUT2D eigenvalue weighted by atomic mass is 10.1. The van der Waals surface area contributed by atoms with Crippen molar-refractivity contribution in [1.29, 1.82) is 0 Å². The smallest absolute Gasteiger partial charge is 0.305 e. The molecule has 0 amide bonds. The monoisotopic (exact) mass is 531 g/mol. The van der Waals surface area contributed by atoms with Crippen molar-refractivity contribution in [1.82, 2.24) is 0 Å². The summed E-state index contributed by atoms with van der Waals surface area (Å²) in [5, 5.41) is 0. The molecule has 0 aromatic rings. The molecule has 0 aromatic carbocycles. The molecule has 0 saturated heterocycles. The average Bonchev–Trinajstić information content (AvgIpc) is 2.92. The Labute approximate surface area is 239 Å². The number of esters is 1. The molecule has 0 N–H and O–H groups in total. The first-order valence-corrected chi connectivity index (χ1v) is 16.9. The van der Waals surface area contributed by atoms with Gasteiger partial charge in [0.05, 0.1) is 6.61 Å². The Hall–Kier alpha value is -1.31. The van der Waals surface area contributed by atoms with Gasteiger partial charge in [-0.25, -0.2) is 0 Å². The number of ether oxygens (including phenoxy) is 1. The fourth-order valence-corrected chi connectivity index (χ4v) is 4.69. The molecule has 0 radical (unpaired) electrons. The van der Waals surface area contributed by atoms with Crippen LogP contribution in [0.1, 0.15) is 181 Å². The maximum Gasteiger partial charge on any atom is 0.305 e. The number of allylic oxidation sites excluding steroid dienone is 6. The molecular formula is C36H66O2. The van der Waals surface area contributed by atoms with E-state index in [9.17, 15) is 4.79 Å². The predicted octanol–water partition coefficient (Wildman–Crippen LogP) is 12.4. The summed E-state index contributed by atoms with van der Waals surface area (Å²) < 4.78 is 5.42. The van der Waals surface area contributed by atoms with Crippen LogP contribution >= 0.6 is 0 Å². The van der Waals surface area contributed by atoms with Crippen LogP contribution in [0.15, 0.2) is 36.5 Å². The molecule has 0 saturated carbocycles. The van der Waals surface area contributed by atoms with Gasteiger partial charge in [-0.1, -0.05) is 140 Å². The van der Waals surface area contributed by atoms with Crippen LogP contribution in [-0.4, -0.2) is 12.6 Å². The van der Waals surface area contributed by atoms with Crippen LogP contribution in [-0.2, 0) is 9.53 Å². The van der Waals surface area contributed by atoms with Crippen LogP contribution in [0.3, 0.4) is 0 Å². The van der Waals surface area contributed by atoms with Gasteiger partial charge in [0.1, 0.15) is 0 Å². The molecule has 38 heavy (non-hydrogen) atoms. The summed E-state index contributed by atoms with van der Waals surface area (Å²) in [5.74, 6) is 0.00483. The van der Waals surface area contributed by atoms with Gasteiger partial charge in [-0.05, 0) is 70.6 Å². The van der Waals surface area contributed by atoms with Crippen LogP contribution < -0.4 is 0 Å². The zero-order chi connectivity index (χ0) is 27.6. The first-order valence-electron chi connectivity index (χ1n) is 16.9. The second-order valence-electron chi connectivity index (χ2n) is 11.1. The third kappa shape index (κ3) is 32.7. The van der Waals surface area contributed by atoms with Crippen molar-refractivity contribution in [3.63, 3.8) is 0 Å². The van der Waals surface area contributed by atoms with Gasteiger partial charge in [-0.2, -0.15) is 0 Å². The highest BCUT2D eigenvalue weighted by Gasteiger charge is 2.02. The van der Waals surface area contributed by atoms with E-state index in [1.54, 1.807) is 0 Å². The zero-order valence-corrected chi connectivity index (χ0v) is 25.9. The quantitative estimate of drug-likeness (QED) is 0.0524. The van der Waals surface area contributed by atoms with Crippen molar-refractivity contribution in [2.75, 3.05) is 6.61 Å². The van der Waals surface area contributed by atoms with Gasteiger partial charge in [-0.3, -0.25) is 4.79 Å². The molecule has 0 rings (SSSR count). The molecule has 0 heterocycles. The van der Waals surface area contributed by atoms with Gasteiger partial charge in [0.25, 0.3) is 0 Å². The first kappa shape index (κ1) is 36.7. The third-order valence-electron chi connectivity index (χ3n) is 7.25. The number of rotatable bonds is 30. The van der Waals surface area contributed by atoms with E-state index in [-0.39, 0.29) is 5.97 Å². The molecule has 222 valence electrons. The highest BCUT2D eigenvalue weighted by atomic mass is 16.5. The summed E-state index contributed by atoms with van der Waals surface area (Å²) in [4.78, 5) is 11.9. The van der Waals surface area contributed by atoms with E-state index < -0.39 is 0 Å². The minimum absolute atomic E-state index is 0.00483. The maximum atomic E-state index is 11.9. The maximum absolute atomic E-state index is 11.9. The highest BCUT2D eigenvalue weighted by molar-refractivity contribution is 5.69. The van der Waals surface area contributed by atoms with Gasteiger partial charge < -0.3 is 4.74 Å². The summed E-state index contributed by atoms with van der Waals surface area (Å²) in [6.07, 6.45) is 46.2. The second kappa shape index (κ2) is 33.7. The predicted molar refractivity (Wildman–Crippen MR) is 170 cm³/mol. The van der Waals surface area contributed by atoms with E-state index in [0.29, 0.717) is 13.0 Å². The third-order valence-corrected chi connectivity index (χ3v) is 7.25. The Morgan fingerprint density at radius 1 is 0.447 bits per heavy atom. The van der Waals surface area contributed by atoms with Gasteiger partial charge in [0.15, 0.2) is 0 Å². The van der Waals surface area contributed by atoms with E-state index >= 15 is 0 Å². The van der Waals surface area contributed by atoms with Crippen LogP contribution in [0.2, 0.25) is 0 Å². The molecule has 0 unspecified atom stereocenters. The van der Waals surface area contributed by atoms with Crippen molar-refractivity contribution in [2.24, 2.45) is 0 Å². The Morgan fingerprint density at radius 2 is 0.816 bits per heavy atom. The highest BCUT2D eigenvalue weighted by Crippen LogP contribution is 2.11. The lowest BCUT2D eigenvalue weighted by molar-refractivity contribution is -0.143. The van der Waals surface area contributed by atoms with Crippen molar-refractivity contribution in [3.05, 3.63) is 36.5 Å². The Bertz CT molecular complexity index is 546. The summed E-state index contributed by atoms with van der Waals surface area (Å²) in [6, 6.07) is 0. The standard InChI is InChI=1S/C36H66O2/c1-3-5-7-9-11-13-15-17-19-21-23-25-27-29-31-33-35-38-36(37)34-32-30-28-26-24-22-20-18-16-14-12-10-8-6-4-2/h11,13,17-20H,3-10,12,14-16,21-35H2,1-2H3/b13-11-,19-17+,20-18-. The second-order valence-corrected chi connectivity index (χ2v) is 11.1. The van der Waals surface area contributed by atoms with Crippen molar-refractivity contribution < 1.29 is 9.53 Å². The van der Waals surface area contributed by atoms with Crippen molar-refractivity contribution in [2.45, 2.75) is 181 Å². The van der Waals surface area contributed by atoms with Gasteiger partial charge >= 0.3 is 5.97 Å². The molecule has 0 fully saturated rings. The van der Waals surface area contributed by atoms with E-state index in [2.05, 4.69) is 50.3 Å². The number of carbonyl (C=O) groups is 1. The molecule has 0 aliphatic carbocycles. The van der Waals surface area contributed by atoms with Crippen LogP contribution in [0.4, 0.5) is 0 Å². The Morgan fingerprint density at radius 3 is 1.34 bits per heavy atom. The summed E-state index contributed by atoms with van der Waals surface area (Å²) in [5.41, 5.74) is 0. The Balaban J connectivity index is 3.26. The fourth-order valence-electron chi connectivity index (χ4n) is 4.69. The molecule has 2 heteroatoms. The normalized spacial score (nSPS) is 11.9.